The van der Waals surface area contributed by atoms with E-state index in [2.05, 4.69) is 39.7 Å². The summed E-state index contributed by atoms with van der Waals surface area (Å²) in [5.74, 6) is 1.09. The minimum Gasteiger partial charge on any atom is -0.338 e. The van der Waals surface area contributed by atoms with Crippen molar-refractivity contribution in [3.63, 3.8) is 0 Å². The van der Waals surface area contributed by atoms with Gasteiger partial charge in [0.1, 0.15) is 0 Å². The molecule has 0 fully saturated rings. The molecule has 134 valence electrons. The van der Waals surface area contributed by atoms with Gasteiger partial charge in [0.25, 0.3) is 0 Å². The van der Waals surface area contributed by atoms with Crippen LogP contribution in [0.4, 0.5) is 0 Å². The maximum absolute atomic E-state index is 5.93. The summed E-state index contributed by atoms with van der Waals surface area (Å²) in [5, 5.41) is 8.27. The summed E-state index contributed by atoms with van der Waals surface area (Å²) < 4.78 is 5.41. The van der Waals surface area contributed by atoms with Gasteiger partial charge in [0, 0.05) is 10.6 Å². The van der Waals surface area contributed by atoms with Gasteiger partial charge in [0.15, 0.2) is 0 Å². The summed E-state index contributed by atoms with van der Waals surface area (Å²) in [6, 6.07) is 28.0. The minimum atomic E-state index is 0.0401. The summed E-state index contributed by atoms with van der Waals surface area (Å²) in [6.45, 7) is 0.467. The standard InChI is InChI=1S/C22H18ClN3O/c23-19-13-11-18(12-14-19)22-25-20(27-26-22)15-24-21(16-7-3-1-4-8-16)17-9-5-2-6-10-17/h1-14,21,24H,15H2. The second kappa shape index (κ2) is 8.16. The first-order chi connectivity index (χ1) is 13.3. The number of nitrogens with zero attached hydrogens (tertiary/aromatic N) is 2. The first kappa shape index (κ1) is 17.5. The van der Waals surface area contributed by atoms with E-state index in [1.165, 1.54) is 11.1 Å². The normalized spacial score (nSPS) is 11.0. The third-order valence-corrected chi connectivity index (χ3v) is 4.55. The number of hydrogen-bond acceptors (Lipinski definition) is 4. The van der Waals surface area contributed by atoms with Gasteiger partial charge in [0.05, 0.1) is 12.6 Å². The average molecular weight is 376 g/mol. The first-order valence-electron chi connectivity index (χ1n) is 8.71. The Kier molecular flexibility index (Phi) is 5.28. The van der Waals surface area contributed by atoms with Crippen molar-refractivity contribution in [1.82, 2.24) is 15.5 Å². The van der Waals surface area contributed by atoms with Gasteiger partial charge in [-0.05, 0) is 35.4 Å². The van der Waals surface area contributed by atoms with Gasteiger partial charge < -0.3 is 4.52 Å². The molecule has 0 atom stereocenters. The number of hydrogen-bond donors (Lipinski definition) is 1. The smallest absolute Gasteiger partial charge is 0.240 e. The molecule has 0 unspecified atom stereocenters. The van der Waals surface area contributed by atoms with Crippen molar-refractivity contribution in [3.8, 4) is 11.4 Å². The Morgan fingerprint density at radius 3 is 2.00 bits per heavy atom. The van der Waals surface area contributed by atoms with E-state index in [-0.39, 0.29) is 6.04 Å². The van der Waals surface area contributed by atoms with E-state index in [0.717, 1.165) is 5.56 Å². The molecular weight excluding hydrogens is 358 g/mol. The van der Waals surface area contributed by atoms with Crippen LogP contribution in [0.15, 0.2) is 89.5 Å². The molecule has 0 saturated carbocycles. The highest BCUT2D eigenvalue weighted by Crippen LogP contribution is 2.23. The van der Waals surface area contributed by atoms with Crippen molar-refractivity contribution in [1.29, 1.82) is 0 Å². The minimum absolute atomic E-state index is 0.0401. The van der Waals surface area contributed by atoms with Crippen molar-refractivity contribution in [2.24, 2.45) is 0 Å². The van der Waals surface area contributed by atoms with E-state index < -0.39 is 0 Å². The predicted octanol–water partition coefficient (Wildman–Crippen LogP) is 5.27. The van der Waals surface area contributed by atoms with E-state index in [0.29, 0.717) is 23.3 Å². The lowest BCUT2D eigenvalue weighted by Gasteiger charge is -2.18. The van der Waals surface area contributed by atoms with Crippen LogP contribution in [0.1, 0.15) is 23.1 Å². The molecule has 1 aromatic heterocycles. The Hall–Kier alpha value is -2.95. The van der Waals surface area contributed by atoms with Crippen LogP contribution in [0.3, 0.4) is 0 Å². The fourth-order valence-electron chi connectivity index (χ4n) is 2.95. The number of rotatable bonds is 6. The molecule has 5 heteroatoms. The molecule has 1 heterocycles. The first-order valence-corrected chi connectivity index (χ1v) is 9.09. The number of nitrogens with one attached hydrogen (secondary N) is 1. The summed E-state index contributed by atoms with van der Waals surface area (Å²) >= 11 is 5.93. The van der Waals surface area contributed by atoms with Gasteiger partial charge in [0.2, 0.25) is 11.7 Å². The van der Waals surface area contributed by atoms with Crippen molar-refractivity contribution >= 4 is 11.6 Å². The van der Waals surface area contributed by atoms with Crippen molar-refractivity contribution in [3.05, 3.63) is 107 Å². The summed E-state index contributed by atoms with van der Waals surface area (Å²) in [4.78, 5) is 4.49. The lowest BCUT2D eigenvalue weighted by Crippen LogP contribution is -2.22. The number of halogens is 1. The summed E-state index contributed by atoms with van der Waals surface area (Å²) in [6.07, 6.45) is 0. The van der Waals surface area contributed by atoms with E-state index in [1.807, 2.05) is 60.7 Å². The molecule has 0 aliphatic carbocycles. The Labute approximate surface area is 162 Å². The van der Waals surface area contributed by atoms with Gasteiger partial charge >= 0.3 is 0 Å². The van der Waals surface area contributed by atoms with Gasteiger partial charge in [-0.1, -0.05) is 77.4 Å². The van der Waals surface area contributed by atoms with Crippen LogP contribution in [-0.4, -0.2) is 10.1 Å². The molecular formula is C22H18ClN3O. The lowest BCUT2D eigenvalue weighted by molar-refractivity contribution is 0.363. The van der Waals surface area contributed by atoms with Crippen LogP contribution >= 0.6 is 11.6 Å². The SMILES string of the molecule is Clc1ccc(-c2noc(CNC(c3ccccc3)c3ccccc3)n2)cc1. The van der Waals surface area contributed by atoms with Crippen LogP contribution in [0, 0.1) is 0 Å². The monoisotopic (exact) mass is 375 g/mol. The van der Waals surface area contributed by atoms with Gasteiger partial charge in [-0.25, -0.2) is 0 Å². The zero-order chi connectivity index (χ0) is 18.5. The largest absolute Gasteiger partial charge is 0.338 e. The molecule has 1 N–H and O–H groups in total. The quantitative estimate of drug-likeness (QED) is 0.498. The molecule has 4 aromatic rings. The Balaban J connectivity index is 1.52. The van der Waals surface area contributed by atoms with E-state index in [9.17, 15) is 0 Å². The molecule has 0 spiro atoms. The van der Waals surface area contributed by atoms with Crippen molar-refractivity contribution in [2.45, 2.75) is 12.6 Å². The fourth-order valence-corrected chi connectivity index (χ4v) is 3.08. The summed E-state index contributed by atoms with van der Waals surface area (Å²) in [7, 11) is 0. The van der Waals surface area contributed by atoms with Crippen LogP contribution in [-0.2, 0) is 6.54 Å². The second-order valence-electron chi connectivity index (χ2n) is 6.15. The van der Waals surface area contributed by atoms with Crippen LogP contribution in [0.25, 0.3) is 11.4 Å². The van der Waals surface area contributed by atoms with E-state index >= 15 is 0 Å². The van der Waals surface area contributed by atoms with Gasteiger partial charge in [-0.2, -0.15) is 4.98 Å². The van der Waals surface area contributed by atoms with E-state index in [1.54, 1.807) is 0 Å². The third kappa shape index (κ3) is 4.25. The Bertz CT molecular complexity index is 946. The van der Waals surface area contributed by atoms with Crippen LogP contribution in [0.2, 0.25) is 5.02 Å². The van der Waals surface area contributed by atoms with Crippen molar-refractivity contribution < 1.29 is 4.52 Å². The highest BCUT2D eigenvalue weighted by molar-refractivity contribution is 6.30. The van der Waals surface area contributed by atoms with Gasteiger partial charge in [-0.3, -0.25) is 5.32 Å². The molecule has 27 heavy (non-hydrogen) atoms. The topological polar surface area (TPSA) is 51.0 Å². The molecule has 0 aliphatic heterocycles. The molecule has 0 saturated heterocycles. The number of benzene rings is 3. The molecule has 3 aromatic carbocycles. The average Bonchev–Trinajstić information content (AvgIpc) is 3.19. The highest BCUT2D eigenvalue weighted by Gasteiger charge is 2.15. The third-order valence-electron chi connectivity index (χ3n) is 4.29. The molecule has 0 radical (unpaired) electrons. The maximum atomic E-state index is 5.93. The molecule has 0 amide bonds. The lowest BCUT2D eigenvalue weighted by atomic mass is 9.99. The zero-order valence-electron chi connectivity index (χ0n) is 14.5. The maximum Gasteiger partial charge on any atom is 0.240 e. The molecule has 4 rings (SSSR count). The van der Waals surface area contributed by atoms with Crippen LogP contribution < -0.4 is 5.32 Å². The van der Waals surface area contributed by atoms with Crippen LogP contribution in [0.5, 0.6) is 0 Å². The fraction of sp³-hybridized carbons (Fsp3) is 0.0909. The molecule has 0 aliphatic rings. The Morgan fingerprint density at radius 2 is 1.41 bits per heavy atom. The zero-order valence-corrected chi connectivity index (χ0v) is 15.3. The second-order valence-corrected chi connectivity index (χ2v) is 6.59. The Morgan fingerprint density at radius 1 is 0.815 bits per heavy atom. The van der Waals surface area contributed by atoms with E-state index in [4.69, 9.17) is 16.1 Å². The highest BCUT2D eigenvalue weighted by atomic mass is 35.5. The predicted molar refractivity (Wildman–Crippen MR) is 106 cm³/mol. The molecule has 4 nitrogen and oxygen atoms in total. The van der Waals surface area contributed by atoms with Gasteiger partial charge in [-0.15, -0.1) is 0 Å². The van der Waals surface area contributed by atoms with Crippen molar-refractivity contribution in [2.75, 3.05) is 0 Å². The number of aromatic nitrogens is 2. The molecule has 0 bridgehead atoms. The summed E-state index contributed by atoms with van der Waals surface area (Å²) in [5.41, 5.74) is 3.24.